The fourth-order valence-electron chi connectivity index (χ4n) is 1.76. The highest BCUT2D eigenvalue weighted by Crippen LogP contribution is 2.20. The van der Waals surface area contributed by atoms with Crippen LogP contribution in [-0.4, -0.2) is 21.5 Å². The molecule has 0 radical (unpaired) electrons. The first-order valence-electron chi connectivity index (χ1n) is 6.46. The number of ether oxygens (including phenoxy) is 1. The van der Waals surface area contributed by atoms with Crippen LogP contribution in [0.2, 0.25) is 0 Å². The summed E-state index contributed by atoms with van der Waals surface area (Å²) in [6.07, 6.45) is 1.14. The Labute approximate surface area is 129 Å². The lowest BCUT2D eigenvalue weighted by Crippen LogP contribution is -2.16. The Bertz CT molecular complexity index is 768. The second kappa shape index (κ2) is 6.91. The Hall–Kier alpha value is -2.60. The zero-order valence-electron chi connectivity index (χ0n) is 11.9. The normalized spacial score (nSPS) is 11.8. The first-order valence-corrected chi connectivity index (χ1v) is 7.94. The first kappa shape index (κ1) is 15.8. The molecule has 0 heterocycles. The van der Waals surface area contributed by atoms with E-state index in [0.29, 0.717) is 5.69 Å². The summed E-state index contributed by atoms with van der Waals surface area (Å²) >= 11 is 0. The Kier molecular flexibility index (Phi) is 4.95. The van der Waals surface area contributed by atoms with E-state index in [9.17, 15) is 13.2 Å². The zero-order valence-corrected chi connectivity index (χ0v) is 12.7. The maximum Gasteiger partial charge on any atom is 0.351 e. The Morgan fingerprint density at radius 1 is 1.00 bits per heavy atom. The van der Waals surface area contributed by atoms with E-state index in [0.717, 1.165) is 13.3 Å². The van der Waals surface area contributed by atoms with Gasteiger partial charge in [-0.2, -0.15) is 0 Å². The Balaban J connectivity index is 2.41. The summed E-state index contributed by atoms with van der Waals surface area (Å²) in [5, 5.41) is 2.79. The Morgan fingerprint density at radius 3 is 2.09 bits per heavy atom. The van der Waals surface area contributed by atoms with E-state index in [2.05, 4.69) is 10.1 Å². The molecule has 0 aliphatic carbocycles. The standard InChI is InChI=1S/C16H15NO4S/c1-21-16(18)15(12-17-13-8-4-2-5-9-13)22(19,20)14-10-6-3-7-11-14/h2-12,17H,1H3. The van der Waals surface area contributed by atoms with Crippen LogP contribution in [0.15, 0.2) is 76.7 Å². The molecule has 0 aromatic heterocycles. The van der Waals surface area contributed by atoms with Crippen molar-refractivity contribution in [3.05, 3.63) is 71.8 Å². The summed E-state index contributed by atoms with van der Waals surface area (Å²) in [7, 11) is -2.82. The number of esters is 1. The molecule has 0 atom stereocenters. The summed E-state index contributed by atoms with van der Waals surface area (Å²) in [5.74, 6) is -0.924. The molecule has 1 N–H and O–H groups in total. The van der Waals surface area contributed by atoms with Crippen LogP contribution < -0.4 is 5.32 Å². The highest BCUT2D eigenvalue weighted by Gasteiger charge is 2.27. The number of nitrogens with one attached hydrogen (secondary N) is 1. The monoisotopic (exact) mass is 317 g/mol. The number of hydrogen-bond donors (Lipinski definition) is 1. The molecule has 0 saturated heterocycles. The van der Waals surface area contributed by atoms with Crippen molar-refractivity contribution in [3.63, 3.8) is 0 Å². The highest BCUT2D eigenvalue weighted by molar-refractivity contribution is 7.96. The molecule has 2 rings (SSSR count). The van der Waals surface area contributed by atoms with Gasteiger partial charge in [0.2, 0.25) is 9.84 Å². The average Bonchev–Trinajstić information content (AvgIpc) is 2.56. The number of benzene rings is 2. The summed E-state index contributed by atoms with van der Waals surface area (Å²) in [4.78, 5) is 11.4. The van der Waals surface area contributed by atoms with Crippen LogP contribution in [0.25, 0.3) is 0 Å². The zero-order chi connectivity index (χ0) is 16.0. The SMILES string of the molecule is COC(=O)C(=CNc1ccccc1)S(=O)(=O)c1ccccc1. The van der Waals surface area contributed by atoms with Crippen LogP contribution in [-0.2, 0) is 19.4 Å². The third-order valence-corrected chi connectivity index (χ3v) is 4.63. The molecule has 0 bridgehead atoms. The van der Waals surface area contributed by atoms with Gasteiger partial charge in [0.05, 0.1) is 12.0 Å². The maximum atomic E-state index is 12.5. The fraction of sp³-hybridized carbons (Fsp3) is 0.0625. The van der Waals surface area contributed by atoms with Crippen molar-refractivity contribution in [2.24, 2.45) is 0 Å². The average molecular weight is 317 g/mol. The minimum atomic E-state index is -3.96. The number of anilines is 1. The van der Waals surface area contributed by atoms with Crippen LogP contribution in [0.3, 0.4) is 0 Å². The lowest BCUT2D eigenvalue weighted by Gasteiger charge is -2.08. The fourth-order valence-corrected chi connectivity index (χ4v) is 3.04. The van der Waals surface area contributed by atoms with Crippen molar-refractivity contribution in [3.8, 4) is 0 Å². The lowest BCUT2D eigenvalue weighted by molar-refractivity contribution is -0.135. The van der Waals surface area contributed by atoms with Gasteiger partial charge in [0, 0.05) is 11.9 Å². The lowest BCUT2D eigenvalue weighted by atomic mass is 10.3. The summed E-state index contributed by atoms with van der Waals surface area (Å²) in [5.41, 5.74) is 0.659. The molecule has 2 aromatic carbocycles. The van der Waals surface area contributed by atoms with Crippen LogP contribution in [0, 0.1) is 0 Å². The predicted molar refractivity (Wildman–Crippen MR) is 83.8 cm³/mol. The predicted octanol–water partition coefficient (Wildman–Crippen LogP) is 2.59. The summed E-state index contributed by atoms with van der Waals surface area (Å²) < 4.78 is 29.7. The summed E-state index contributed by atoms with van der Waals surface area (Å²) in [6.45, 7) is 0. The van der Waals surface area contributed by atoms with Gasteiger partial charge in [-0.3, -0.25) is 0 Å². The number of rotatable bonds is 5. The third kappa shape index (κ3) is 3.53. The van der Waals surface area contributed by atoms with Crippen molar-refractivity contribution in [1.82, 2.24) is 0 Å². The van der Waals surface area contributed by atoms with Gasteiger partial charge in [0.25, 0.3) is 0 Å². The van der Waals surface area contributed by atoms with E-state index in [-0.39, 0.29) is 4.90 Å². The topological polar surface area (TPSA) is 72.5 Å². The number of sulfone groups is 1. The smallest absolute Gasteiger partial charge is 0.351 e. The van der Waals surface area contributed by atoms with E-state index in [4.69, 9.17) is 0 Å². The van der Waals surface area contributed by atoms with Crippen molar-refractivity contribution in [2.45, 2.75) is 4.90 Å². The molecule has 0 fully saturated rings. The van der Waals surface area contributed by atoms with E-state index in [1.54, 1.807) is 42.5 Å². The molecule has 0 unspecified atom stereocenters. The molecule has 114 valence electrons. The van der Waals surface area contributed by atoms with Gasteiger partial charge in [0.15, 0.2) is 4.91 Å². The van der Waals surface area contributed by atoms with E-state index < -0.39 is 20.7 Å². The minimum absolute atomic E-state index is 0.0292. The molecule has 0 aliphatic rings. The second-order valence-electron chi connectivity index (χ2n) is 4.33. The van der Waals surface area contributed by atoms with Crippen LogP contribution >= 0.6 is 0 Å². The molecule has 5 nitrogen and oxygen atoms in total. The molecular weight excluding hydrogens is 302 g/mol. The second-order valence-corrected chi connectivity index (χ2v) is 6.25. The van der Waals surface area contributed by atoms with Gasteiger partial charge in [-0.25, -0.2) is 13.2 Å². The van der Waals surface area contributed by atoms with Crippen molar-refractivity contribution in [2.75, 3.05) is 12.4 Å². The third-order valence-electron chi connectivity index (χ3n) is 2.87. The molecule has 0 saturated carbocycles. The van der Waals surface area contributed by atoms with Crippen LogP contribution in [0.5, 0.6) is 0 Å². The molecule has 0 spiro atoms. The van der Waals surface area contributed by atoms with Crippen molar-refractivity contribution >= 4 is 21.5 Å². The molecular formula is C16H15NO4S. The van der Waals surface area contributed by atoms with Gasteiger partial charge in [-0.15, -0.1) is 0 Å². The number of methoxy groups -OCH3 is 1. The molecule has 0 amide bonds. The molecule has 6 heteroatoms. The highest BCUT2D eigenvalue weighted by atomic mass is 32.2. The van der Waals surface area contributed by atoms with Gasteiger partial charge in [0.1, 0.15) is 0 Å². The van der Waals surface area contributed by atoms with Crippen molar-refractivity contribution in [1.29, 1.82) is 0 Å². The first-order chi connectivity index (χ1) is 10.6. The minimum Gasteiger partial charge on any atom is -0.465 e. The van der Waals surface area contributed by atoms with E-state index in [1.165, 1.54) is 12.1 Å². The van der Waals surface area contributed by atoms with Gasteiger partial charge in [-0.05, 0) is 24.3 Å². The van der Waals surface area contributed by atoms with Gasteiger partial charge in [-0.1, -0.05) is 36.4 Å². The Morgan fingerprint density at radius 2 is 1.55 bits per heavy atom. The quantitative estimate of drug-likeness (QED) is 0.678. The molecule has 22 heavy (non-hydrogen) atoms. The number of carbonyl (C=O) groups excluding carboxylic acids is 1. The van der Waals surface area contributed by atoms with Crippen molar-refractivity contribution < 1.29 is 17.9 Å². The van der Waals surface area contributed by atoms with Crippen LogP contribution in [0.1, 0.15) is 0 Å². The maximum absolute atomic E-state index is 12.5. The molecule has 2 aromatic rings. The van der Waals surface area contributed by atoms with E-state index >= 15 is 0 Å². The number of hydrogen-bond acceptors (Lipinski definition) is 5. The van der Waals surface area contributed by atoms with E-state index in [1.807, 2.05) is 6.07 Å². The number of carbonyl (C=O) groups is 1. The van der Waals surface area contributed by atoms with Crippen LogP contribution in [0.4, 0.5) is 5.69 Å². The van der Waals surface area contributed by atoms with Gasteiger partial charge < -0.3 is 10.1 Å². The largest absolute Gasteiger partial charge is 0.465 e. The number of para-hydroxylation sites is 1. The molecule has 0 aliphatic heterocycles. The summed E-state index contributed by atoms with van der Waals surface area (Å²) in [6, 6.07) is 16.6. The van der Waals surface area contributed by atoms with Gasteiger partial charge >= 0.3 is 5.97 Å².